The summed E-state index contributed by atoms with van der Waals surface area (Å²) in [6, 6.07) is 4.85. The Hall–Kier alpha value is -1.03. The van der Waals surface area contributed by atoms with Crippen molar-refractivity contribution in [2.24, 2.45) is 5.92 Å². The van der Waals surface area contributed by atoms with Gasteiger partial charge in [0, 0.05) is 0 Å². The van der Waals surface area contributed by atoms with Crippen molar-refractivity contribution in [3.63, 3.8) is 0 Å². The van der Waals surface area contributed by atoms with Crippen molar-refractivity contribution >= 4 is 0 Å². The maximum atomic E-state index is 12.4. The number of rotatable bonds is 4. The van der Waals surface area contributed by atoms with Gasteiger partial charge in [0.1, 0.15) is 0 Å². The van der Waals surface area contributed by atoms with Crippen molar-refractivity contribution in [1.29, 1.82) is 0 Å². The number of benzene rings is 1. The van der Waals surface area contributed by atoms with Crippen LogP contribution in [0.15, 0.2) is 24.3 Å². The van der Waals surface area contributed by atoms with E-state index in [1.54, 1.807) is 0 Å². The molecule has 2 rings (SSSR count). The van der Waals surface area contributed by atoms with Crippen LogP contribution in [0, 0.1) is 5.92 Å². The van der Waals surface area contributed by atoms with Crippen molar-refractivity contribution < 1.29 is 18.3 Å². The lowest BCUT2D eigenvalue weighted by molar-refractivity contribution is -0.137. The molecule has 1 atom stereocenters. The van der Waals surface area contributed by atoms with Gasteiger partial charge in [-0.25, -0.2) is 0 Å². The van der Waals surface area contributed by atoms with E-state index < -0.39 is 17.8 Å². The summed E-state index contributed by atoms with van der Waals surface area (Å²) < 4.78 is 37.3. The Morgan fingerprint density at radius 2 is 1.65 bits per heavy atom. The van der Waals surface area contributed by atoms with E-state index in [1.807, 2.05) is 0 Å². The maximum absolute atomic E-state index is 12.4. The number of alkyl halides is 3. The van der Waals surface area contributed by atoms with Crippen molar-refractivity contribution in [3.8, 4) is 0 Å². The summed E-state index contributed by atoms with van der Waals surface area (Å²) in [5.74, 6) is 0.674. The Labute approximate surface area is 117 Å². The van der Waals surface area contributed by atoms with Gasteiger partial charge in [0.15, 0.2) is 0 Å². The first-order valence-corrected chi connectivity index (χ1v) is 7.32. The normalized spacial score (nSPS) is 19.0. The molecule has 0 radical (unpaired) electrons. The average molecular weight is 286 g/mol. The molecule has 1 aliphatic rings. The van der Waals surface area contributed by atoms with Crippen LogP contribution < -0.4 is 0 Å². The monoisotopic (exact) mass is 286 g/mol. The van der Waals surface area contributed by atoms with Crippen LogP contribution in [-0.4, -0.2) is 5.11 Å². The van der Waals surface area contributed by atoms with Gasteiger partial charge >= 0.3 is 6.18 Å². The number of hydrogen-bond acceptors (Lipinski definition) is 1. The lowest BCUT2D eigenvalue weighted by atomic mass is 9.85. The molecule has 1 fully saturated rings. The number of aliphatic hydroxyl groups excluding tert-OH is 1. The first-order chi connectivity index (χ1) is 9.47. The minimum Gasteiger partial charge on any atom is -0.388 e. The lowest BCUT2D eigenvalue weighted by Gasteiger charge is -2.22. The fourth-order valence-electron chi connectivity index (χ4n) is 2.93. The molecular weight excluding hydrogens is 265 g/mol. The molecule has 0 aromatic heterocycles. The van der Waals surface area contributed by atoms with E-state index in [0.29, 0.717) is 17.9 Å². The minimum absolute atomic E-state index is 0.578. The molecule has 112 valence electrons. The van der Waals surface area contributed by atoms with E-state index >= 15 is 0 Å². The van der Waals surface area contributed by atoms with E-state index in [0.717, 1.165) is 18.6 Å². The van der Waals surface area contributed by atoms with E-state index in [1.165, 1.54) is 44.2 Å². The van der Waals surface area contributed by atoms with E-state index in [4.69, 9.17) is 0 Å². The van der Waals surface area contributed by atoms with Crippen LogP contribution in [0.3, 0.4) is 0 Å². The van der Waals surface area contributed by atoms with Gasteiger partial charge in [-0.3, -0.25) is 0 Å². The van der Waals surface area contributed by atoms with Crippen LogP contribution in [0.25, 0.3) is 0 Å². The Kier molecular flexibility index (Phi) is 5.08. The summed E-state index contributed by atoms with van der Waals surface area (Å²) in [5, 5.41) is 10.1. The van der Waals surface area contributed by atoms with E-state index in [2.05, 4.69) is 0 Å². The lowest BCUT2D eigenvalue weighted by Crippen LogP contribution is -2.09. The predicted molar refractivity (Wildman–Crippen MR) is 72.2 cm³/mol. The van der Waals surface area contributed by atoms with Gasteiger partial charge in [-0.05, 0) is 36.5 Å². The van der Waals surface area contributed by atoms with Gasteiger partial charge in [-0.15, -0.1) is 0 Å². The van der Waals surface area contributed by atoms with Gasteiger partial charge in [0.05, 0.1) is 11.7 Å². The quantitative estimate of drug-likeness (QED) is 0.816. The number of hydrogen-bond donors (Lipinski definition) is 1. The van der Waals surface area contributed by atoms with Crippen molar-refractivity contribution in [1.82, 2.24) is 0 Å². The second kappa shape index (κ2) is 6.61. The van der Waals surface area contributed by atoms with Gasteiger partial charge in [-0.2, -0.15) is 13.2 Å². The summed E-state index contributed by atoms with van der Waals surface area (Å²) in [6.07, 6.45) is 2.91. The first kappa shape index (κ1) is 15.4. The highest BCUT2D eigenvalue weighted by atomic mass is 19.4. The largest absolute Gasteiger partial charge is 0.416 e. The SMILES string of the molecule is OC(CCC1CCCCC1)c1ccc(C(F)(F)F)cc1. The molecule has 0 bridgehead atoms. The fourth-order valence-corrected chi connectivity index (χ4v) is 2.93. The van der Waals surface area contributed by atoms with Crippen LogP contribution in [0.1, 0.15) is 62.2 Å². The summed E-state index contributed by atoms with van der Waals surface area (Å²) >= 11 is 0. The molecule has 1 aliphatic carbocycles. The molecule has 0 heterocycles. The summed E-state index contributed by atoms with van der Waals surface area (Å²) in [7, 11) is 0. The Morgan fingerprint density at radius 3 is 2.20 bits per heavy atom. The van der Waals surface area contributed by atoms with Crippen LogP contribution in [-0.2, 0) is 6.18 Å². The van der Waals surface area contributed by atoms with Crippen LogP contribution >= 0.6 is 0 Å². The average Bonchev–Trinajstić information content (AvgIpc) is 2.45. The highest BCUT2D eigenvalue weighted by Crippen LogP contribution is 2.32. The Balaban J connectivity index is 1.87. The second-order valence-corrected chi connectivity index (χ2v) is 5.72. The third-order valence-electron chi connectivity index (χ3n) is 4.20. The molecule has 1 nitrogen and oxygen atoms in total. The fraction of sp³-hybridized carbons (Fsp3) is 0.625. The van der Waals surface area contributed by atoms with Crippen LogP contribution in [0.5, 0.6) is 0 Å². The molecule has 1 saturated carbocycles. The molecule has 1 aromatic carbocycles. The third-order valence-corrected chi connectivity index (χ3v) is 4.20. The zero-order valence-corrected chi connectivity index (χ0v) is 11.5. The molecule has 0 amide bonds. The van der Waals surface area contributed by atoms with Gasteiger partial charge < -0.3 is 5.11 Å². The molecule has 0 saturated heterocycles. The van der Waals surface area contributed by atoms with Crippen LogP contribution in [0.2, 0.25) is 0 Å². The Morgan fingerprint density at radius 1 is 1.05 bits per heavy atom. The number of halogens is 3. The van der Waals surface area contributed by atoms with Crippen molar-refractivity contribution in [2.75, 3.05) is 0 Å². The molecular formula is C16H21F3O. The number of aliphatic hydroxyl groups is 1. The summed E-state index contributed by atoms with van der Waals surface area (Å²) in [5.41, 5.74) is -0.0884. The first-order valence-electron chi connectivity index (χ1n) is 7.32. The van der Waals surface area contributed by atoms with Gasteiger partial charge in [0.2, 0.25) is 0 Å². The molecule has 0 spiro atoms. The molecule has 1 aromatic rings. The molecule has 1 unspecified atom stereocenters. The van der Waals surface area contributed by atoms with Crippen molar-refractivity contribution in [2.45, 2.75) is 57.2 Å². The van der Waals surface area contributed by atoms with E-state index in [-0.39, 0.29) is 0 Å². The zero-order chi connectivity index (χ0) is 14.6. The molecule has 4 heteroatoms. The Bertz CT molecular complexity index is 405. The molecule has 20 heavy (non-hydrogen) atoms. The van der Waals surface area contributed by atoms with Crippen molar-refractivity contribution in [3.05, 3.63) is 35.4 Å². The summed E-state index contributed by atoms with van der Waals surface area (Å²) in [6.45, 7) is 0. The van der Waals surface area contributed by atoms with Gasteiger partial charge in [-0.1, -0.05) is 44.2 Å². The third kappa shape index (κ3) is 4.23. The highest BCUT2D eigenvalue weighted by Gasteiger charge is 2.30. The summed E-state index contributed by atoms with van der Waals surface area (Å²) in [4.78, 5) is 0. The second-order valence-electron chi connectivity index (χ2n) is 5.72. The topological polar surface area (TPSA) is 20.2 Å². The minimum atomic E-state index is -4.31. The zero-order valence-electron chi connectivity index (χ0n) is 11.5. The predicted octanol–water partition coefficient (Wildman–Crippen LogP) is 5.10. The van der Waals surface area contributed by atoms with Gasteiger partial charge in [0.25, 0.3) is 0 Å². The van der Waals surface area contributed by atoms with Crippen LogP contribution in [0.4, 0.5) is 13.2 Å². The maximum Gasteiger partial charge on any atom is 0.416 e. The molecule has 1 N–H and O–H groups in total. The molecule has 0 aliphatic heterocycles. The van der Waals surface area contributed by atoms with E-state index in [9.17, 15) is 18.3 Å². The smallest absolute Gasteiger partial charge is 0.388 e. The highest BCUT2D eigenvalue weighted by molar-refractivity contribution is 5.25. The standard InChI is InChI=1S/C16H21F3O/c17-16(18,19)14-9-7-13(8-10-14)15(20)11-6-12-4-2-1-3-5-12/h7-10,12,15,20H,1-6,11H2.